The van der Waals surface area contributed by atoms with Gasteiger partial charge in [-0.05, 0) is 41.6 Å². The van der Waals surface area contributed by atoms with Crippen LogP contribution in [0.15, 0.2) is 54.6 Å². The minimum absolute atomic E-state index is 0.00256. The molecular formula is C19H19ClN6O. The first-order chi connectivity index (χ1) is 13.2. The van der Waals surface area contributed by atoms with Gasteiger partial charge in [-0.25, -0.2) is 0 Å². The van der Waals surface area contributed by atoms with Gasteiger partial charge in [-0.2, -0.15) is 4.80 Å². The third-order valence-electron chi connectivity index (χ3n) is 4.59. The van der Waals surface area contributed by atoms with Crippen LogP contribution in [0.5, 0.6) is 0 Å². The quantitative estimate of drug-likeness (QED) is 0.692. The van der Waals surface area contributed by atoms with Crippen molar-refractivity contribution in [3.8, 4) is 11.4 Å². The summed E-state index contributed by atoms with van der Waals surface area (Å²) in [5.74, 6) is 0.483. The summed E-state index contributed by atoms with van der Waals surface area (Å²) in [6.45, 7) is 3.10. The normalized spacial score (nSPS) is 14.4. The number of carbonyl (C=O) groups excluding carboxylic acids is 1. The molecule has 1 amide bonds. The van der Waals surface area contributed by atoms with Crippen LogP contribution in [0, 0.1) is 0 Å². The first-order valence-electron chi connectivity index (χ1n) is 8.80. The predicted octanol–water partition coefficient (Wildman–Crippen LogP) is 2.34. The molecule has 1 aromatic heterocycles. The molecule has 0 spiro atoms. The van der Waals surface area contributed by atoms with Crippen LogP contribution in [0.4, 0.5) is 5.69 Å². The van der Waals surface area contributed by atoms with Crippen molar-refractivity contribution in [2.45, 2.75) is 6.54 Å². The van der Waals surface area contributed by atoms with Gasteiger partial charge in [-0.3, -0.25) is 4.79 Å². The van der Waals surface area contributed by atoms with Crippen LogP contribution < -0.4 is 4.90 Å². The van der Waals surface area contributed by atoms with E-state index < -0.39 is 0 Å². The second-order valence-corrected chi connectivity index (χ2v) is 6.79. The molecule has 1 aliphatic rings. The first-order valence-corrected chi connectivity index (χ1v) is 9.18. The van der Waals surface area contributed by atoms with Crippen molar-refractivity contribution in [1.82, 2.24) is 25.1 Å². The Bertz CT molecular complexity index is 903. The summed E-state index contributed by atoms with van der Waals surface area (Å²) in [6, 6.07) is 17.5. The Labute approximate surface area is 162 Å². The fraction of sp³-hybridized carbons (Fsp3) is 0.263. The Morgan fingerprint density at radius 1 is 0.963 bits per heavy atom. The number of hydrogen-bond acceptors (Lipinski definition) is 5. The monoisotopic (exact) mass is 382 g/mol. The number of aromatic nitrogens is 4. The molecule has 2 aromatic carbocycles. The van der Waals surface area contributed by atoms with Crippen molar-refractivity contribution >= 4 is 23.2 Å². The van der Waals surface area contributed by atoms with Gasteiger partial charge in [0, 0.05) is 42.5 Å². The van der Waals surface area contributed by atoms with Crippen molar-refractivity contribution in [2.75, 3.05) is 31.1 Å². The molecule has 2 heterocycles. The van der Waals surface area contributed by atoms with Crippen LogP contribution in [0.1, 0.15) is 0 Å². The number of tetrazole rings is 1. The Morgan fingerprint density at radius 3 is 2.37 bits per heavy atom. The largest absolute Gasteiger partial charge is 0.368 e. The lowest BCUT2D eigenvalue weighted by molar-refractivity contribution is -0.132. The number of carbonyl (C=O) groups is 1. The number of piperazine rings is 1. The van der Waals surface area contributed by atoms with Crippen LogP contribution in [0.25, 0.3) is 11.4 Å². The molecule has 27 heavy (non-hydrogen) atoms. The smallest absolute Gasteiger partial charge is 0.246 e. The van der Waals surface area contributed by atoms with Gasteiger partial charge in [0.05, 0.1) is 0 Å². The van der Waals surface area contributed by atoms with Crippen LogP contribution in [0.3, 0.4) is 0 Å². The highest BCUT2D eigenvalue weighted by Crippen LogP contribution is 2.17. The molecule has 8 heteroatoms. The van der Waals surface area contributed by atoms with Crippen LogP contribution in [-0.4, -0.2) is 57.2 Å². The van der Waals surface area contributed by atoms with Crippen molar-refractivity contribution < 1.29 is 4.79 Å². The second kappa shape index (κ2) is 7.75. The highest BCUT2D eigenvalue weighted by molar-refractivity contribution is 6.30. The second-order valence-electron chi connectivity index (χ2n) is 6.35. The minimum Gasteiger partial charge on any atom is -0.368 e. The standard InChI is InChI=1S/C19H19ClN6O/c20-16-8-6-15(7-9-16)19-21-23-26(22-19)14-18(27)25-12-10-24(11-13-25)17-4-2-1-3-5-17/h1-9H,10-14H2. The molecular weight excluding hydrogens is 364 g/mol. The molecule has 0 unspecified atom stereocenters. The van der Waals surface area contributed by atoms with Crippen LogP contribution in [0.2, 0.25) is 5.02 Å². The maximum atomic E-state index is 12.6. The summed E-state index contributed by atoms with van der Waals surface area (Å²) in [5.41, 5.74) is 2.00. The van der Waals surface area contributed by atoms with E-state index in [0.29, 0.717) is 23.9 Å². The van der Waals surface area contributed by atoms with Gasteiger partial charge < -0.3 is 9.80 Å². The molecule has 1 fully saturated rings. The molecule has 0 bridgehead atoms. The van der Waals surface area contributed by atoms with E-state index in [1.165, 1.54) is 10.5 Å². The lowest BCUT2D eigenvalue weighted by Gasteiger charge is -2.36. The van der Waals surface area contributed by atoms with E-state index in [0.717, 1.165) is 18.7 Å². The van der Waals surface area contributed by atoms with Crippen molar-refractivity contribution in [1.29, 1.82) is 0 Å². The Hall–Kier alpha value is -2.93. The number of amides is 1. The Kier molecular flexibility index (Phi) is 5.02. The number of anilines is 1. The average Bonchev–Trinajstić information content (AvgIpc) is 3.18. The third kappa shape index (κ3) is 4.09. The summed E-state index contributed by atoms with van der Waals surface area (Å²) in [5, 5.41) is 13.0. The molecule has 7 nitrogen and oxygen atoms in total. The Balaban J connectivity index is 1.34. The minimum atomic E-state index is 0.00256. The van der Waals surface area contributed by atoms with E-state index in [9.17, 15) is 4.79 Å². The number of rotatable bonds is 4. The highest BCUT2D eigenvalue weighted by Gasteiger charge is 2.22. The molecule has 1 aliphatic heterocycles. The van der Waals surface area contributed by atoms with Gasteiger partial charge in [0.25, 0.3) is 0 Å². The van der Waals surface area contributed by atoms with E-state index in [2.05, 4.69) is 32.4 Å². The van der Waals surface area contributed by atoms with Gasteiger partial charge in [-0.1, -0.05) is 29.8 Å². The lowest BCUT2D eigenvalue weighted by atomic mass is 10.2. The zero-order valence-corrected chi connectivity index (χ0v) is 15.5. The number of nitrogens with zero attached hydrogens (tertiary/aromatic N) is 6. The van der Waals surface area contributed by atoms with Crippen molar-refractivity contribution in [3.05, 3.63) is 59.6 Å². The maximum absolute atomic E-state index is 12.6. The molecule has 0 atom stereocenters. The van der Waals surface area contributed by atoms with Crippen LogP contribution >= 0.6 is 11.6 Å². The van der Waals surface area contributed by atoms with Crippen molar-refractivity contribution in [2.24, 2.45) is 0 Å². The third-order valence-corrected chi connectivity index (χ3v) is 4.84. The molecule has 0 saturated carbocycles. The van der Waals surface area contributed by atoms with E-state index in [4.69, 9.17) is 11.6 Å². The Morgan fingerprint density at radius 2 is 1.67 bits per heavy atom. The van der Waals surface area contributed by atoms with E-state index in [1.807, 2.05) is 35.2 Å². The molecule has 3 aromatic rings. The van der Waals surface area contributed by atoms with Gasteiger partial charge in [0.1, 0.15) is 6.54 Å². The number of hydrogen-bond donors (Lipinski definition) is 0. The maximum Gasteiger partial charge on any atom is 0.246 e. The molecule has 4 rings (SSSR count). The number of halogens is 1. The summed E-state index contributed by atoms with van der Waals surface area (Å²) in [7, 11) is 0. The lowest BCUT2D eigenvalue weighted by Crippen LogP contribution is -2.49. The van der Waals surface area contributed by atoms with Crippen LogP contribution in [-0.2, 0) is 11.3 Å². The predicted molar refractivity (Wildman–Crippen MR) is 103 cm³/mol. The van der Waals surface area contributed by atoms with Gasteiger partial charge >= 0.3 is 0 Å². The van der Waals surface area contributed by atoms with Gasteiger partial charge in [-0.15, -0.1) is 10.2 Å². The average molecular weight is 383 g/mol. The molecule has 138 valence electrons. The summed E-state index contributed by atoms with van der Waals surface area (Å²) in [6.07, 6.45) is 0. The summed E-state index contributed by atoms with van der Waals surface area (Å²) in [4.78, 5) is 18.0. The first kappa shape index (κ1) is 17.5. The SMILES string of the molecule is O=C(Cn1nnc(-c2ccc(Cl)cc2)n1)N1CCN(c2ccccc2)CC1. The molecule has 1 saturated heterocycles. The zero-order valence-electron chi connectivity index (χ0n) is 14.7. The van der Waals surface area contributed by atoms with Gasteiger partial charge in [0.15, 0.2) is 0 Å². The van der Waals surface area contributed by atoms with E-state index in [1.54, 1.807) is 12.1 Å². The van der Waals surface area contributed by atoms with Crippen molar-refractivity contribution in [3.63, 3.8) is 0 Å². The van der Waals surface area contributed by atoms with Gasteiger partial charge in [0.2, 0.25) is 11.7 Å². The summed E-state index contributed by atoms with van der Waals surface area (Å²) < 4.78 is 0. The molecule has 0 N–H and O–H groups in total. The number of benzene rings is 2. The summed E-state index contributed by atoms with van der Waals surface area (Å²) >= 11 is 5.89. The van der Waals surface area contributed by atoms with E-state index >= 15 is 0 Å². The topological polar surface area (TPSA) is 67.2 Å². The van der Waals surface area contributed by atoms with E-state index in [-0.39, 0.29) is 12.5 Å². The number of para-hydroxylation sites is 1. The highest BCUT2D eigenvalue weighted by atomic mass is 35.5. The fourth-order valence-corrected chi connectivity index (χ4v) is 3.22. The molecule has 0 aliphatic carbocycles. The fourth-order valence-electron chi connectivity index (χ4n) is 3.10. The molecule has 0 radical (unpaired) electrons. The zero-order chi connectivity index (χ0) is 18.6.